The van der Waals surface area contributed by atoms with Crippen molar-refractivity contribution in [2.24, 2.45) is 0 Å². The molecule has 0 fully saturated rings. The number of likely N-dealkylation sites (N-methyl/N-ethyl adjacent to an activating group) is 1. The summed E-state index contributed by atoms with van der Waals surface area (Å²) in [5, 5.41) is 3.77. The Kier molecular flexibility index (Phi) is 5.77. The van der Waals surface area contributed by atoms with Gasteiger partial charge in [-0.1, -0.05) is 37.3 Å². The van der Waals surface area contributed by atoms with E-state index < -0.39 is 5.97 Å². The third-order valence-electron chi connectivity index (χ3n) is 5.47. The highest BCUT2D eigenvalue weighted by molar-refractivity contribution is 6.15. The Morgan fingerprint density at radius 3 is 2.67 bits per heavy atom. The van der Waals surface area contributed by atoms with Gasteiger partial charge >= 0.3 is 5.97 Å². The summed E-state index contributed by atoms with van der Waals surface area (Å²) in [7, 11) is 0. The fourth-order valence-electron chi connectivity index (χ4n) is 3.94. The summed E-state index contributed by atoms with van der Waals surface area (Å²) < 4.78 is 5.14. The van der Waals surface area contributed by atoms with Gasteiger partial charge in [0.1, 0.15) is 0 Å². The number of nitrogens with zero attached hydrogens (tertiary/aromatic N) is 2. The number of hydrogen-bond donors (Lipinski definition) is 1. The largest absolute Gasteiger partial charge is 0.462 e. The van der Waals surface area contributed by atoms with Crippen LogP contribution < -0.4 is 5.32 Å². The van der Waals surface area contributed by atoms with Gasteiger partial charge in [0, 0.05) is 36.2 Å². The number of anilines is 1. The van der Waals surface area contributed by atoms with Gasteiger partial charge in [-0.05, 0) is 31.7 Å². The van der Waals surface area contributed by atoms with E-state index in [1.807, 2.05) is 24.3 Å². The molecule has 1 aliphatic heterocycles. The number of aromatic nitrogens is 1. The number of carbonyl (C=O) groups is 2. The molecule has 2 aromatic carbocycles. The van der Waals surface area contributed by atoms with Crippen LogP contribution in [0, 0.1) is 0 Å². The van der Waals surface area contributed by atoms with E-state index >= 15 is 0 Å². The zero-order chi connectivity index (χ0) is 21.1. The first-order chi connectivity index (χ1) is 14.6. The molecule has 0 aliphatic carbocycles. The molecule has 0 atom stereocenters. The monoisotopic (exact) mass is 403 g/mol. The number of para-hydroxylation sites is 2. The third-order valence-corrected chi connectivity index (χ3v) is 5.47. The van der Waals surface area contributed by atoms with Crippen LogP contribution in [-0.2, 0) is 17.7 Å². The van der Waals surface area contributed by atoms with E-state index in [9.17, 15) is 9.59 Å². The first-order valence-electron chi connectivity index (χ1n) is 10.3. The predicted octanol–water partition coefficient (Wildman–Crippen LogP) is 4.04. The third kappa shape index (κ3) is 3.78. The zero-order valence-corrected chi connectivity index (χ0v) is 17.3. The maximum Gasteiger partial charge on any atom is 0.340 e. The van der Waals surface area contributed by atoms with E-state index in [-0.39, 0.29) is 12.5 Å². The number of esters is 1. The van der Waals surface area contributed by atoms with Gasteiger partial charge < -0.3 is 10.1 Å². The number of amides is 1. The summed E-state index contributed by atoms with van der Waals surface area (Å²) in [5.74, 6) is -0.688. The van der Waals surface area contributed by atoms with E-state index in [0.717, 1.165) is 41.7 Å². The quantitative estimate of drug-likeness (QED) is 0.651. The highest BCUT2D eigenvalue weighted by Gasteiger charge is 2.26. The number of rotatable bonds is 5. The number of ether oxygens (including phenoxy) is 1. The van der Waals surface area contributed by atoms with Gasteiger partial charge in [0.2, 0.25) is 0 Å². The highest BCUT2D eigenvalue weighted by atomic mass is 16.5. The number of carbonyl (C=O) groups excluding carboxylic acids is 2. The second kappa shape index (κ2) is 8.63. The minimum atomic E-state index is -0.452. The molecule has 0 bridgehead atoms. The fourth-order valence-corrected chi connectivity index (χ4v) is 3.94. The van der Waals surface area contributed by atoms with Crippen molar-refractivity contribution in [3.63, 3.8) is 0 Å². The summed E-state index contributed by atoms with van der Waals surface area (Å²) in [6.07, 6.45) is 0.813. The van der Waals surface area contributed by atoms with E-state index in [0.29, 0.717) is 23.4 Å². The number of hydrogen-bond acceptors (Lipinski definition) is 5. The van der Waals surface area contributed by atoms with Gasteiger partial charge in [-0.3, -0.25) is 14.7 Å². The molecule has 0 radical (unpaired) electrons. The number of pyridine rings is 1. The van der Waals surface area contributed by atoms with Gasteiger partial charge in [0.15, 0.2) is 0 Å². The van der Waals surface area contributed by atoms with Crippen molar-refractivity contribution in [2.75, 3.05) is 25.0 Å². The van der Waals surface area contributed by atoms with Crippen LogP contribution in [0.3, 0.4) is 0 Å². The van der Waals surface area contributed by atoms with Crippen LogP contribution in [0.15, 0.2) is 48.5 Å². The van der Waals surface area contributed by atoms with Crippen molar-refractivity contribution in [1.82, 2.24) is 9.88 Å². The van der Waals surface area contributed by atoms with Crippen molar-refractivity contribution in [3.05, 3.63) is 70.9 Å². The highest BCUT2D eigenvalue weighted by Crippen LogP contribution is 2.29. The SMILES string of the molecule is CCOC(=O)c1ccccc1NC(=O)c1c2c(nc3ccccc13)CCN(CC)C2. The van der Waals surface area contributed by atoms with Gasteiger partial charge in [-0.2, -0.15) is 0 Å². The van der Waals surface area contributed by atoms with Crippen LogP contribution in [0.25, 0.3) is 10.9 Å². The molecule has 1 amide bonds. The lowest BCUT2D eigenvalue weighted by Crippen LogP contribution is -2.33. The summed E-state index contributed by atoms with van der Waals surface area (Å²) in [4.78, 5) is 33.0. The first-order valence-corrected chi connectivity index (χ1v) is 10.3. The molecule has 0 unspecified atom stereocenters. The minimum absolute atomic E-state index is 0.237. The zero-order valence-electron chi connectivity index (χ0n) is 17.3. The molecule has 1 aliphatic rings. The van der Waals surface area contributed by atoms with Gasteiger partial charge in [-0.25, -0.2) is 4.79 Å². The lowest BCUT2D eigenvalue weighted by Gasteiger charge is -2.29. The second-order valence-corrected chi connectivity index (χ2v) is 7.27. The smallest absolute Gasteiger partial charge is 0.340 e. The van der Waals surface area contributed by atoms with Crippen molar-refractivity contribution in [3.8, 4) is 0 Å². The molecule has 3 aromatic rings. The molecule has 1 N–H and O–H groups in total. The molecular formula is C24H25N3O3. The maximum atomic E-state index is 13.5. The van der Waals surface area contributed by atoms with Crippen LogP contribution >= 0.6 is 0 Å². The van der Waals surface area contributed by atoms with E-state index in [1.165, 1.54) is 0 Å². The molecule has 154 valence electrons. The van der Waals surface area contributed by atoms with Crippen LogP contribution in [-0.4, -0.2) is 41.5 Å². The topological polar surface area (TPSA) is 71.5 Å². The van der Waals surface area contributed by atoms with Gasteiger partial charge in [-0.15, -0.1) is 0 Å². The summed E-state index contributed by atoms with van der Waals surface area (Å²) in [6.45, 7) is 6.69. The van der Waals surface area contributed by atoms with Crippen LogP contribution in [0.4, 0.5) is 5.69 Å². The molecular weight excluding hydrogens is 378 g/mol. The Morgan fingerprint density at radius 2 is 1.87 bits per heavy atom. The number of benzene rings is 2. The molecule has 1 aromatic heterocycles. The Bertz CT molecular complexity index is 1110. The normalized spacial score (nSPS) is 13.7. The molecule has 30 heavy (non-hydrogen) atoms. The van der Waals surface area contributed by atoms with Crippen molar-refractivity contribution >= 4 is 28.5 Å². The molecule has 6 nitrogen and oxygen atoms in total. The van der Waals surface area contributed by atoms with Crippen molar-refractivity contribution < 1.29 is 14.3 Å². The molecule has 0 saturated carbocycles. The Morgan fingerprint density at radius 1 is 1.10 bits per heavy atom. The standard InChI is InChI=1S/C24H25N3O3/c1-3-27-14-13-21-18(15-27)22(16-9-5-7-11-19(16)25-21)23(28)26-20-12-8-6-10-17(20)24(29)30-4-2/h5-12H,3-4,13-15H2,1-2H3,(H,26,28). The average Bonchev–Trinajstić information content (AvgIpc) is 2.77. The van der Waals surface area contributed by atoms with E-state index in [2.05, 4.69) is 17.1 Å². The average molecular weight is 403 g/mol. The van der Waals surface area contributed by atoms with E-state index in [4.69, 9.17) is 9.72 Å². The first kappa shape index (κ1) is 20.0. The summed E-state index contributed by atoms with van der Waals surface area (Å²) in [6, 6.07) is 14.6. The predicted molar refractivity (Wildman–Crippen MR) is 117 cm³/mol. The number of fused-ring (bicyclic) bond motifs is 2. The van der Waals surface area contributed by atoms with Crippen molar-refractivity contribution in [1.29, 1.82) is 0 Å². The summed E-state index contributed by atoms with van der Waals surface area (Å²) in [5.41, 5.74) is 4.17. The van der Waals surface area contributed by atoms with Crippen molar-refractivity contribution in [2.45, 2.75) is 26.8 Å². The van der Waals surface area contributed by atoms with Crippen LogP contribution in [0.2, 0.25) is 0 Å². The minimum Gasteiger partial charge on any atom is -0.462 e. The molecule has 2 heterocycles. The lowest BCUT2D eigenvalue weighted by atomic mass is 9.95. The van der Waals surface area contributed by atoms with Gasteiger partial charge in [0.05, 0.1) is 28.9 Å². The van der Waals surface area contributed by atoms with Gasteiger partial charge in [0.25, 0.3) is 5.91 Å². The van der Waals surface area contributed by atoms with Crippen LogP contribution in [0.1, 0.15) is 45.8 Å². The molecule has 6 heteroatoms. The van der Waals surface area contributed by atoms with Crippen LogP contribution in [0.5, 0.6) is 0 Å². The Balaban J connectivity index is 1.78. The fraction of sp³-hybridized carbons (Fsp3) is 0.292. The molecule has 4 rings (SSSR count). The maximum absolute atomic E-state index is 13.5. The lowest BCUT2D eigenvalue weighted by molar-refractivity contribution is 0.0527. The number of nitrogens with one attached hydrogen (secondary N) is 1. The summed E-state index contributed by atoms with van der Waals surface area (Å²) >= 11 is 0. The Hall–Kier alpha value is -3.25. The van der Waals surface area contributed by atoms with E-state index in [1.54, 1.807) is 31.2 Å². The molecule has 0 spiro atoms. The molecule has 0 saturated heterocycles. The second-order valence-electron chi connectivity index (χ2n) is 7.27. The Labute approximate surface area is 175 Å².